The van der Waals surface area contributed by atoms with E-state index in [2.05, 4.69) is 26.2 Å². The van der Waals surface area contributed by atoms with E-state index in [0.717, 1.165) is 14.6 Å². The lowest BCUT2D eigenvalue weighted by atomic mass is 10.1. The van der Waals surface area contributed by atoms with Crippen molar-refractivity contribution in [1.29, 1.82) is 0 Å². The van der Waals surface area contributed by atoms with Gasteiger partial charge in [0.15, 0.2) is 5.65 Å². The standard InChI is InChI=1S/C23H18BrN3O5/c1-13-6-7-16(10-19(13)26-22(29)15-4-3-5-17(24)9-15)23(30)31-12-18-11-21(28)27-20(25-18)8-14(2)32-27/h3-11H,12H2,1-2H3,(H,26,29). The van der Waals surface area contributed by atoms with Crippen LogP contribution in [0.5, 0.6) is 0 Å². The van der Waals surface area contributed by atoms with E-state index in [1.807, 2.05) is 13.0 Å². The molecule has 0 saturated heterocycles. The number of aryl methyl sites for hydroxylation is 2. The third-order valence-corrected chi connectivity index (χ3v) is 5.18. The van der Waals surface area contributed by atoms with E-state index in [9.17, 15) is 14.4 Å². The van der Waals surface area contributed by atoms with Gasteiger partial charge in [0, 0.05) is 27.9 Å². The van der Waals surface area contributed by atoms with Gasteiger partial charge in [0.2, 0.25) is 0 Å². The Morgan fingerprint density at radius 1 is 1.09 bits per heavy atom. The van der Waals surface area contributed by atoms with E-state index < -0.39 is 11.5 Å². The summed E-state index contributed by atoms with van der Waals surface area (Å²) in [6, 6.07) is 14.7. The highest BCUT2D eigenvalue weighted by atomic mass is 79.9. The van der Waals surface area contributed by atoms with Crippen LogP contribution in [0.4, 0.5) is 5.69 Å². The molecule has 0 unspecified atom stereocenters. The maximum Gasteiger partial charge on any atom is 0.338 e. The molecule has 32 heavy (non-hydrogen) atoms. The van der Waals surface area contributed by atoms with Gasteiger partial charge in [0.1, 0.15) is 12.4 Å². The van der Waals surface area contributed by atoms with Crippen molar-refractivity contribution in [2.45, 2.75) is 20.5 Å². The summed E-state index contributed by atoms with van der Waals surface area (Å²) in [6.45, 7) is 3.35. The number of aromatic nitrogens is 2. The normalized spacial score (nSPS) is 10.8. The van der Waals surface area contributed by atoms with Crippen molar-refractivity contribution in [3.8, 4) is 0 Å². The number of fused-ring (bicyclic) bond motifs is 1. The fourth-order valence-corrected chi connectivity index (χ4v) is 3.48. The predicted molar refractivity (Wildman–Crippen MR) is 121 cm³/mol. The number of carbonyl (C=O) groups excluding carboxylic acids is 2. The molecule has 162 valence electrons. The first-order valence-electron chi connectivity index (χ1n) is 9.64. The van der Waals surface area contributed by atoms with Crippen LogP contribution >= 0.6 is 15.9 Å². The van der Waals surface area contributed by atoms with Crippen molar-refractivity contribution < 1.29 is 18.8 Å². The second-order valence-corrected chi connectivity index (χ2v) is 8.07. The van der Waals surface area contributed by atoms with Crippen LogP contribution < -0.4 is 10.9 Å². The van der Waals surface area contributed by atoms with Gasteiger partial charge >= 0.3 is 5.97 Å². The molecule has 0 radical (unpaired) electrons. The Bertz CT molecular complexity index is 1410. The number of amides is 1. The molecule has 2 heterocycles. The van der Waals surface area contributed by atoms with E-state index in [-0.39, 0.29) is 18.1 Å². The first-order chi connectivity index (χ1) is 15.3. The Kier molecular flexibility index (Phi) is 5.91. The van der Waals surface area contributed by atoms with Crippen LogP contribution in [0.2, 0.25) is 0 Å². The van der Waals surface area contributed by atoms with Crippen LogP contribution in [-0.4, -0.2) is 21.4 Å². The zero-order valence-corrected chi connectivity index (χ0v) is 18.8. The van der Waals surface area contributed by atoms with Crippen molar-refractivity contribution in [2.75, 3.05) is 5.32 Å². The maximum absolute atomic E-state index is 12.6. The van der Waals surface area contributed by atoms with E-state index in [4.69, 9.17) is 9.26 Å². The minimum Gasteiger partial charge on any atom is -0.456 e. The molecule has 0 aliphatic rings. The number of hydrogen-bond donors (Lipinski definition) is 1. The minimum atomic E-state index is -0.603. The largest absolute Gasteiger partial charge is 0.456 e. The third-order valence-electron chi connectivity index (χ3n) is 4.68. The zero-order valence-electron chi connectivity index (χ0n) is 17.2. The highest BCUT2D eigenvalue weighted by Gasteiger charge is 2.14. The first-order valence-corrected chi connectivity index (χ1v) is 10.4. The number of halogens is 1. The minimum absolute atomic E-state index is 0.178. The van der Waals surface area contributed by atoms with Crippen LogP contribution in [0.3, 0.4) is 0 Å². The smallest absolute Gasteiger partial charge is 0.338 e. The molecule has 9 heteroatoms. The van der Waals surface area contributed by atoms with Crippen molar-refractivity contribution in [3.05, 3.63) is 97.6 Å². The molecule has 0 atom stereocenters. The fourth-order valence-electron chi connectivity index (χ4n) is 3.08. The molecule has 0 aliphatic heterocycles. The predicted octanol–water partition coefficient (Wildman–Crippen LogP) is 4.28. The van der Waals surface area contributed by atoms with Crippen molar-refractivity contribution >= 4 is 39.1 Å². The van der Waals surface area contributed by atoms with Gasteiger partial charge in [0.25, 0.3) is 11.5 Å². The molecule has 0 fully saturated rings. The fraction of sp³-hybridized carbons (Fsp3) is 0.130. The molecular formula is C23H18BrN3O5. The second kappa shape index (κ2) is 8.80. The zero-order chi connectivity index (χ0) is 22.8. The second-order valence-electron chi connectivity index (χ2n) is 7.15. The average Bonchev–Trinajstić information content (AvgIpc) is 3.14. The Morgan fingerprint density at radius 2 is 1.91 bits per heavy atom. The Hall–Kier alpha value is -3.72. The topological polar surface area (TPSA) is 103 Å². The molecule has 1 N–H and O–H groups in total. The summed E-state index contributed by atoms with van der Waals surface area (Å²) in [5.74, 6) is -0.359. The Labute approximate surface area is 190 Å². The number of ether oxygens (including phenoxy) is 1. The summed E-state index contributed by atoms with van der Waals surface area (Å²) in [5.41, 5.74) is 2.28. The molecule has 1 amide bonds. The van der Waals surface area contributed by atoms with Gasteiger partial charge in [-0.1, -0.05) is 28.1 Å². The Morgan fingerprint density at radius 3 is 2.69 bits per heavy atom. The highest BCUT2D eigenvalue weighted by Crippen LogP contribution is 2.20. The summed E-state index contributed by atoms with van der Waals surface area (Å²) >= 11 is 3.34. The summed E-state index contributed by atoms with van der Waals surface area (Å²) in [4.78, 5) is 41.5. The van der Waals surface area contributed by atoms with E-state index in [1.165, 1.54) is 6.07 Å². The monoisotopic (exact) mass is 495 g/mol. The molecule has 0 bridgehead atoms. The maximum atomic E-state index is 12.6. The van der Waals surface area contributed by atoms with Gasteiger partial charge in [-0.25, -0.2) is 9.78 Å². The Balaban J connectivity index is 1.48. The molecule has 4 rings (SSSR count). The van der Waals surface area contributed by atoms with Crippen molar-refractivity contribution in [3.63, 3.8) is 0 Å². The lowest BCUT2D eigenvalue weighted by Gasteiger charge is -2.11. The number of hydrogen-bond acceptors (Lipinski definition) is 6. The highest BCUT2D eigenvalue weighted by molar-refractivity contribution is 9.10. The van der Waals surface area contributed by atoms with Crippen molar-refractivity contribution in [2.24, 2.45) is 0 Å². The SMILES string of the molecule is Cc1cc2nc(COC(=O)c3ccc(C)c(NC(=O)c4cccc(Br)c4)c3)cc(=O)n2o1. The summed E-state index contributed by atoms with van der Waals surface area (Å²) < 4.78 is 12.4. The molecular weight excluding hydrogens is 478 g/mol. The van der Waals surface area contributed by atoms with Gasteiger partial charge in [-0.3, -0.25) is 9.59 Å². The number of anilines is 1. The van der Waals surface area contributed by atoms with Crippen LogP contribution in [-0.2, 0) is 11.3 Å². The van der Waals surface area contributed by atoms with E-state index in [0.29, 0.717) is 28.4 Å². The van der Waals surface area contributed by atoms with E-state index in [1.54, 1.807) is 49.4 Å². The van der Waals surface area contributed by atoms with Gasteiger partial charge in [-0.15, -0.1) is 4.57 Å². The molecule has 0 saturated carbocycles. The number of nitrogens with one attached hydrogen (secondary N) is 1. The summed E-state index contributed by atoms with van der Waals surface area (Å²) in [6.07, 6.45) is 0. The van der Waals surface area contributed by atoms with Crippen LogP contribution in [0.25, 0.3) is 5.65 Å². The van der Waals surface area contributed by atoms with Crippen LogP contribution in [0.1, 0.15) is 37.7 Å². The summed E-state index contributed by atoms with van der Waals surface area (Å²) in [7, 11) is 0. The molecule has 2 aromatic heterocycles. The number of esters is 1. The molecule has 0 aliphatic carbocycles. The van der Waals surface area contributed by atoms with E-state index >= 15 is 0 Å². The lowest BCUT2D eigenvalue weighted by Crippen LogP contribution is -2.15. The van der Waals surface area contributed by atoms with Crippen LogP contribution in [0.15, 0.2) is 68.4 Å². The quantitative estimate of drug-likeness (QED) is 0.414. The third kappa shape index (κ3) is 4.62. The van der Waals surface area contributed by atoms with Crippen molar-refractivity contribution in [1.82, 2.24) is 9.56 Å². The molecule has 0 spiro atoms. The van der Waals surface area contributed by atoms with Gasteiger partial charge in [-0.05, 0) is 49.7 Å². The summed E-state index contributed by atoms with van der Waals surface area (Å²) in [5, 5.41) is 2.82. The lowest BCUT2D eigenvalue weighted by molar-refractivity contribution is 0.0467. The number of rotatable bonds is 5. The molecule has 8 nitrogen and oxygen atoms in total. The average molecular weight is 496 g/mol. The first kappa shape index (κ1) is 21.5. The van der Waals surface area contributed by atoms with Gasteiger partial charge in [-0.2, -0.15) is 0 Å². The van der Waals surface area contributed by atoms with Gasteiger partial charge < -0.3 is 14.6 Å². The van der Waals surface area contributed by atoms with Crippen LogP contribution in [0, 0.1) is 13.8 Å². The number of carbonyl (C=O) groups is 2. The van der Waals surface area contributed by atoms with Gasteiger partial charge in [0.05, 0.1) is 11.3 Å². The molecule has 4 aromatic rings. The number of nitrogens with zero attached hydrogens (tertiary/aromatic N) is 2. The number of benzene rings is 2. The molecule has 2 aromatic carbocycles.